The van der Waals surface area contributed by atoms with Gasteiger partial charge in [0.1, 0.15) is 0 Å². The van der Waals surface area contributed by atoms with Gasteiger partial charge in [0, 0.05) is 24.6 Å². The first-order valence-corrected chi connectivity index (χ1v) is 9.09. The van der Waals surface area contributed by atoms with Gasteiger partial charge in [-0.2, -0.15) is 0 Å². The Morgan fingerprint density at radius 1 is 1.25 bits per heavy atom. The third kappa shape index (κ3) is 4.41. The molecule has 0 bridgehead atoms. The second-order valence-electron chi connectivity index (χ2n) is 6.75. The summed E-state index contributed by atoms with van der Waals surface area (Å²) in [6, 6.07) is 6.18. The maximum Gasteiger partial charge on any atom is 0.221 e. The molecule has 2 N–H and O–H groups in total. The van der Waals surface area contributed by atoms with E-state index in [2.05, 4.69) is 10.6 Å². The molecule has 0 spiro atoms. The molecule has 24 heavy (non-hydrogen) atoms. The van der Waals surface area contributed by atoms with Gasteiger partial charge in [-0.1, -0.05) is 12.1 Å². The normalized spacial score (nSPS) is 21.0. The Balaban J connectivity index is 1.61. The number of methoxy groups -OCH3 is 1. The van der Waals surface area contributed by atoms with Gasteiger partial charge in [0.15, 0.2) is 11.5 Å². The van der Waals surface area contributed by atoms with Crippen molar-refractivity contribution in [3.05, 3.63) is 23.8 Å². The maximum atomic E-state index is 12.2. The number of nitrogens with one attached hydrogen (secondary N) is 2. The van der Waals surface area contributed by atoms with Gasteiger partial charge in [0.2, 0.25) is 5.91 Å². The number of rotatable bonds is 7. The zero-order valence-electron chi connectivity index (χ0n) is 14.5. The number of benzene rings is 1. The fraction of sp³-hybridized carbons (Fsp3) is 0.632. The van der Waals surface area contributed by atoms with E-state index in [0.717, 1.165) is 49.3 Å². The molecule has 2 aliphatic rings. The monoisotopic (exact) mass is 332 g/mol. The highest BCUT2D eigenvalue weighted by molar-refractivity contribution is 5.76. The zero-order chi connectivity index (χ0) is 16.8. The van der Waals surface area contributed by atoms with Crippen molar-refractivity contribution in [1.82, 2.24) is 10.6 Å². The summed E-state index contributed by atoms with van der Waals surface area (Å²) < 4.78 is 11.7. The molecule has 1 saturated carbocycles. The summed E-state index contributed by atoms with van der Waals surface area (Å²) in [7, 11) is 1.66. The summed E-state index contributed by atoms with van der Waals surface area (Å²) in [5.74, 6) is 1.61. The fourth-order valence-electron chi connectivity index (χ4n) is 3.59. The van der Waals surface area contributed by atoms with Crippen LogP contribution in [0.4, 0.5) is 0 Å². The lowest BCUT2D eigenvalue weighted by Crippen LogP contribution is -2.31. The van der Waals surface area contributed by atoms with Crippen molar-refractivity contribution < 1.29 is 14.3 Å². The highest BCUT2D eigenvalue weighted by atomic mass is 16.5. The van der Waals surface area contributed by atoms with E-state index in [9.17, 15) is 4.79 Å². The summed E-state index contributed by atoms with van der Waals surface area (Å²) in [4.78, 5) is 12.2. The topological polar surface area (TPSA) is 59.6 Å². The molecule has 1 saturated heterocycles. The second-order valence-corrected chi connectivity index (χ2v) is 6.75. The van der Waals surface area contributed by atoms with Gasteiger partial charge >= 0.3 is 0 Å². The molecule has 2 fully saturated rings. The molecule has 1 unspecified atom stereocenters. The number of ether oxygens (including phenoxy) is 2. The van der Waals surface area contributed by atoms with Crippen molar-refractivity contribution in [2.24, 2.45) is 0 Å². The van der Waals surface area contributed by atoms with E-state index in [4.69, 9.17) is 9.47 Å². The van der Waals surface area contributed by atoms with Gasteiger partial charge in [0.25, 0.3) is 0 Å². The van der Waals surface area contributed by atoms with Gasteiger partial charge in [-0.25, -0.2) is 0 Å². The van der Waals surface area contributed by atoms with Crippen LogP contribution < -0.4 is 20.1 Å². The molecule has 1 atom stereocenters. The Morgan fingerprint density at radius 3 is 2.79 bits per heavy atom. The Kier molecular flexibility index (Phi) is 5.96. The molecule has 1 aromatic carbocycles. The van der Waals surface area contributed by atoms with Crippen molar-refractivity contribution in [1.29, 1.82) is 0 Å². The second kappa shape index (κ2) is 8.38. The number of hydrogen-bond acceptors (Lipinski definition) is 4. The molecule has 1 amide bonds. The van der Waals surface area contributed by atoms with Gasteiger partial charge in [-0.15, -0.1) is 0 Å². The Morgan fingerprint density at radius 2 is 2.08 bits per heavy atom. The third-order valence-corrected chi connectivity index (χ3v) is 4.94. The minimum Gasteiger partial charge on any atom is -0.493 e. The van der Waals surface area contributed by atoms with Crippen molar-refractivity contribution in [2.75, 3.05) is 13.7 Å². The van der Waals surface area contributed by atoms with Crippen LogP contribution >= 0.6 is 0 Å². The lowest BCUT2D eigenvalue weighted by atomic mass is 10.1. The molecular weight excluding hydrogens is 304 g/mol. The quantitative estimate of drug-likeness (QED) is 0.806. The van der Waals surface area contributed by atoms with E-state index < -0.39 is 0 Å². The Labute approximate surface area is 144 Å². The lowest BCUT2D eigenvalue weighted by Gasteiger charge is -2.19. The van der Waals surface area contributed by atoms with Gasteiger partial charge in [-0.05, 0) is 51.1 Å². The van der Waals surface area contributed by atoms with E-state index >= 15 is 0 Å². The standard InChI is InChI=1S/C19H28N2O3/c1-23-17-10-4-6-14(19(17)24-16-8-2-3-9-16)13-21-18(22)12-15-7-5-11-20-15/h4,6,10,15-16,20H,2-3,5,7-9,11-13H2,1H3,(H,21,22). The maximum absolute atomic E-state index is 12.2. The van der Waals surface area contributed by atoms with Crippen LogP contribution in [0.3, 0.4) is 0 Å². The molecule has 1 heterocycles. The molecule has 3 rings (SSSR count). The molecule has 132 valence electrons. The van der Waals surface area contributed by atoms with Crippen molar-refractivity contribution in [3.8, 4) is 11.5 Å². The van der Waals surface area contributed by atoms with Crippen LogP contribution in [-0.4, -0.2) is 31.7 Å². The van der Waals surface area contributed by atoms with E-state index in [1.165, 1.54) is 12.8 Å². The fourth-order valence-corrected chi connectivity index (χ4v) is 3.59. The van der Waals surface area contributed by atoms with E-state index in [1.807, 2.05) is 18.2 Å². The number of para-hydroxylation sites is 1. The Hall–Kier alpha value is -1.75. The first-order valence-electron chi connectivity index (χ1n) is 9.09. The first-order chi connectivity index (χ1) is 11.8. The van der Waals surface area contributed by atoms with Gasteiger partial charge < -0.3 is 20.1 Å². The summed E-state index contributed by atoms with van der Waals surface area (Å²) in [6.45, 7) is 1.50. The summed E-state index contributed by atoms with van der Waals surface area (Å²) in [5.41, 5.74) is 0.981. The lowest BCUT2D eigenvalue weighted by molar-refractivity contribution is -0.121. The highest BCUT2D eigenvalue weighted by Gasteiger charge is 2.21. The van der Waals surface area contributed by atoms with Crippen LogP contribution in [0.1, 0.15) is 50.5 Å². The van der Waals surface area contributed by atoms with Crippen molar-refractivity contribution in [3.63, 3.8) is 0 Å². The summed E-state index contributed by atoms with van der Waals surface area (Å²) in [5, 5.41) is 6.39. The smallest absolute Gasteiger partial charge is 0.221 e. The number of carbonyl (C=O) groups excluding carboxylic acids is 1. The third-order valence-electron chi connectivity index (χ3n) is 4.94. The van der Waals surface area contributed by atoms with Gasteiger partial charge in [-0.3, -0.25) is 4.79 Å². The highest BCUT2D eigenvalue weighted by Crippen LogP contribution is 2.34. The minimum atomic E-state index is 0.0871. The Bertz CT molecular complexity index is 550. The average molecular weight is 332 g/mol. The predicted octanol–water partition coefficient (Wildman–Crippen LogP) is 2.77. The minimum absolute atomic E-state index is 0.0871. The predicted molar refractivity (Wildman–Crippen MR) is 93.4 cm³/mol. The van der Waals surface area contributed by atoms with Gasteiger partial charge in [0.05, 0.1) is 13.2 Å². The number of hydrogen-bond donors (Lipinski definition) is 2. The van der Waals surface area contributed by atoms with E-state index in [-0.39, 0.29) is 12.0 Å². The molecule has 1 aliphatic heterocycles. The largest absolute Gasteiger partial charge is 0.493 e. The van der Waals surface area contributed by atoms with E-state index in [1.54, 1.807) is 7.11 Å². The summed E-state index contributed by atoms with van der Waals surface area (Å²) in [6.07, 6.45) is 7.69. The van der Waals surface area contributed by atoms with Crippen LogP contribution in [0, 0.1) is 0 Å². The first kappa shape index (κ1) is 17.1. The number of carbonyl (C=O) groups is 1. The van der Waals surface area contributed by atoms with Crippen LogP contribution in [0.15, 0.2) is 18.2 Å². The zero-order valence-corrected chi connectivity index (χ0v) is 14.5. The SMILES string of the molecule is COc1cccc(CNC(=O)CC2CCCN2)c1OC1CCCC1. The molecule has 0 aromatic heterocycles. The van der Waals surface area contributed by atoms with Crippen molar-refractivity contribution in [2.45, 2.75) is 63.6 Å². The molecule has 5 nitrogen and oxygen atoms in total. The van der Waals surface area contributed by atoms with Crippen LogP contribution in [0.5, 0.6) is 11.5 Å². The van der Waals surface area contributed by atoms with Crippen LogP contribution in [0.25, 0.3) is 0 Å². The van der Waals surface area contributed by atoms with E-state index in [0.29, 0.717) is 19.0 Å². The molecule has 1 aromatic rings. The average Bonchev–Trinajstić information content (AvgIpc) is 3.27. The molecule has 0 radical (unpaired) electrons. The molecule has 1 aliphatic carbocycles. The molecule has 5 heteroatoms. The van der Waals surface area contributed by atoms with Crippen LogP contribution in [0.2, 0.25) is 0 Å². The molecular formula is C19H28N2O3. The van der Waals surface area contributed by atoms with Crippen molar-refractivity contribution >= 4 is 5.91 Å². The van der Waals surface area contributed by atoms with Crippen LogP contribution in [-0.2, 0) is 11.3 Å². The number of amides is 1. The summed E-state index contributed by atoms with van der Waals surface area (Å²) >= 11 is 0.